The molecule has 0 unspecified atom stereocenters. The van der Waals surface area contributed by atoms with Crippen LogP contribution < -0.4 is 20.1 Å². The van der Waals surface area contributed by atoms with E-state index in [-0.39, 0.29) is 5.41 Å². The SMILES string of the molecule is CCNC(=NCC(C)(C)c1ccc2c(c1)OCCO2)NCCCOC. The Morgan fingerprint density at radius 2 is 1.96 bits per heavy atom. The topological polar surface area (TPSA) is 64.1 Å². The summed E-state index contributed by atoms with van der Waals surface area (Å²) in [4.78, 5) is 4.75. The molecule has 1 aliphatic heterocycles. The maximum Gasteiger partial charge on any atom is 0.191 e. The van der Waals surface area contributed by atoms with Crippen molar-refractivity contribution in [2.24, 2.45) is 4.99 Å². The van der Waals surface area contributed by atoms with Crippen LogP contribution in [0.2, 0.25) is 0 Å². The van der Waals surface area contributed by atoms with Crippen molar-refractivity contribution in [2.75, 3.05) is 46.6 Å². The van der Waals surface area contributed by atoms with Crippen LogP contribution in [0.4, 0.5) is 0 Å². The highest BCUT2D eigenvalue weighted by atomic mass is 16.6. The van der Waals surface area contributed by atoms with Crippen LogP contribution in [-0.4, -0.2) is 52.5 Å². The molecule has 0 spiro atoms. The summed E-state index contributed by atoms with van der Waals surface area (Å²) >= 11 is 0. The number of benzene rings is 1. The summed E-state index contributed by atoms with van der Waals surface area (Å²) in [7, 11) is 1.72. The minimum atomic E-state index is -0.106. The number of fused-ring (bicyclic) bond motifs is 1. The van der Waals surface area contributed by atoms with Crippen LogP contribution in [0.1, 0.15) is 32.8 Å². The molecule has 6 heteroatoms. The predicted molar refractivity (Wildman–Crippen MR) is 101 cm³/mol. The highest BCUT2D eigenvalue weighted by Crippen LogP contribution is 2.35. The Morgan fingerprint density at radius 3 is 2.68 bits per heavy atom. The molecule has 1 aromatic carbocycles. The summed E-state index contributed by atoms with van der Waals surface area (Å²) in [6, 6.07) is 6.16. The largest absolute Gasteiger partial charge is 0.486 e. The van der Waals surface area contributed by atoms with E-state index in [1.165, 1.54) is 5.56 Å². The van der Waals surface area contributed by atoms with Crippen molar-refractivity contribution in [3.05, 3.63) is 23.8 Å². The molecule has 0 atom stereocenters. The summed E-state index contributed by atoms with van der Waals surface area (Å²) in [5.74, 6) is 2.48. The van der Waals surface area contributed by atoms with Gasteiger partial charge >= 0.3 is 0 Å². The maximum absolute atomic E-state index is 5.70. The molecule has 1 aromatic rings. The van der Waals surface area contributed by atoms with Gasteiger partial charge in [-0.1, -0.05) is 19.9 Å². The smallest absolute Gasteiger partial charge is 0.191 e. The van der Waals surface area contributed by atoms with Gasteiger partial charge < -0.3 is 24.8 Å². The number of hydrogen-bond acceptors (Lipinski definition) is 4. The van der Waals surface area contributed by atoms with E-state index in [1.807, 2.05) is 6.07 Å². The minimum absolute atomic E-state index is 0.106. The van der Waals surface area contributed by atoms with E-state index in [1.54, 1.807) is 7.11 Å². The molecule has 0 amide bonds. The van der Waals surface area contributed by atoms with Gasteiger partial charge in [0, 0.05) is 32.2 Å². The van der Waals surface area contributed by atoms with Gasteiger partial charge in [-0.25, -0.2) is 0 Å². The number of hydrogen-bond donors (Lipinski definition) is 2. The summed E-state index contributed by atoms with van der Waals surface area (Å²) < 4.78 is 16.4. The molecule has 25 heavy (non-hydrogen) atoms. The molecular formula is C19H31N3O3. The van der Waals surface area contributed by atoms with Crippen LogP contribution in [-0.2, 0) is 10.2 Å². The molecule has 2 N–H and O–H groups in total. The number of methoxy groups -OCH3 is 1. The summed E-state index contributed by atoms with van der Waals surface area (Å²) in [5, 5.41) is 6.63. The molecule has 0 aliphatic carbocycles. The summed E-state index contributed by atoms with van der Waals surface area (Å²) in [6.45, 7) is 10.8. The van der Waals surface area contributed by atoms with Crippen LogP contribution in [0.15, 0.2) is 23.2 Å². The Bertz CT molecular complexity index is 573. The minimum Gasteiger partial charge on any atom is -0.486 e. The van der Waals surface area contributed by atoms with Crippen molar-refractivity contribution < 1.29 is 14.2 Å². The summed E-state index contributed by atoms with van der Waals surface area (Å²) in [6.07, 6.45) is 0.951. The van der Waals surface area contributed by atoms with Gasteiger partial charge in [-0.2, -0.15) is 0 Å². The van der Waals surface area contributed by atoms with Gasteiger partial charge in [-0.3, -0.25) is 4.99 Å². The van der Waals surface area contributed by atoms with Gasteiger partial charge in [0.25, 0.3) is 0 Å². The highest BCUT2D eigenvalue weighted by molar-refractivity contribution is 5.79. The Morgan fingerprint density at radius 1 is 1.20 bits per heavy atom. The summed E-state index contributed by atoms with van der Waals surface area (Å²) in [5.41, 5.74) is 1.08. The van der Waals surface area contributed by atoms with Gasteiger partial charge in [-0.15, -0.1) is 0 Å². The van der Waals surface area contributed by atoms with Crippen LogP contribution >= 0.6 is 0 Å². The number of aliphatic imine (C=N–C) groups is 1. The number of nitrogens with one attached hydrogen (secondary N) is 2. The molecular weight excluding hydrogens is 318 g/mol. The van der Waals surface area contributed by atoms with Crippen LogP contribution in [0.3, 0.4) is 0 Å². The van der Waals surface area contributed by atoms with Gasteiger partial charge in [0.1, 0.15) is 13.2 Å². The Labute approximate surface area is 151 Å². The fourth-order valence-corrected chi connectivity index (χ4v) is 2.60. The van der Waals surface area contributed by atoms with E-state index in [2.05, 4.69) is 43.5 Å². The number of nitrogens with zero attached hydrogens (tertiary/aromatic N) is 1. The van der Waals surface area contributed by atoms with Gasteiger partial charge in [-0.05, 0) is 31.0 Å². The predicted octanol–water partition coefficient (Wildman–Crippen LogP) is 2.33. The molecule has 2 rings (SSSR count). The molecule has 140 valence electrons. The molecule has 0 radical (unpaired) electrons. The lowest BCUT2D eigenvalue weighted by atomic mass is 9.84. The van der Waals surface area contributed by atoms with Crippen molar-refractivity contribution in [3.8, 4) is 11.5 Å². The van der Waals surface area contributed by atoms with Gasteiger partial charge in [0.05, 0.1) is 6.54 Å². The van der Waals surface area contributed by atoms with Crippen molar-refractivity contribution >= 4 is 5.96 Å². The number of rotatable bonds is 8. The molecule has 0 saturated carbocycles. The molecule has 1 aliphatic rings. The Kier molecular flexibility index (Phi) is 7.37. The van der Waals surface area contributed by atoms with E-state index in [9.17, 15) is 0 Å². The van der Waals surface area contributed by atoms with Crippen molar-refractivity contribution in [1.29, 1.82) is 0 Å². The Balaban J connectivity index is 2.02. The van der Waals surface area contributed by atoms with Gasteiger partial charge in [0.2, 0.25) is 0 Å². The standard InChI is InChI=1S/C19H31N3O3/c1-5-20-18(21-9-6-10-23-4)22-14-19(2,3)15-7-8-16-17(13-15)25-12-11-24-16/h7-8,13H,5-6,9-12,14H2,1-4H3,(H2,20,21,22). The van der Waals surface area contributed by atoms with E-state index in [0.717, 1.165) is 43.6 Å². The lowest BCUT2D eigenvalue weighted by molar-refractivity contribution is 0.171. The van der Waals surface area contributed by atoms with Crippen LogP contribution in [0.25, 0.3) is 0 Å². The third kappa shape index (κ3) is 5.81. The van der Waals surface area contributed by atoms with E-state index < -0.39 is 0 Å². The zero-order valence-corrected chi connectivity index (χ0v) is 15.9. The zero-order chi connectivity index (χ0) is 18.1. The first-order valence-corrected chi connectivity index (χ1v) is 8.98. The van der Waals surface area contributed by atoms with Crippen molar-refractivity contribution in [2.45, 2.75) is 32.6 Å². The van der Waals surface area contributed by atoms with E-state index in [0.29, 0.717) is 19.8 Å². The number of guanidine groups is 1. The second-order valence-corrected chi connectivity index (χ2v) is 6.71. The van der Waals surface area contributed by atoms with Gasteiger partial charge in [0.15, 0.2) is 17.5 Å². The zero-order valence-electron chi connectivity index (χ0n) is 15.9. The van der Waals surface area contributed by atoms with E-state index >= 15 is 0 Å². The fraction of sp³-hybridized carbons (Fsp3) is 0.632. The third-order valence-electron chi connectivity index (χ3n) is 4.12. The lowest BCUT2D eigenvalue weighted by Gasteiger charge is -2.26. The second-order valence-electron chi connectivity index (χ2n) is 6.71. The first kappa shape index (κ1) is 19.4. The number of ether oxygens (including phenoxy) is 3. The first-order valence-electron chi connectivity index (χ1n) is 8.98. The van der Waals surface area contributed by atoms with Crippen LogP contribution in [0, 0.1) is 0 Å². The van der Waals surface area contributed by atoms with Crippen molar-refractivity contribution in [1.82, 2.24) is 10.6 Å². The molecule has 0 aromatic heterocycles. The first-order chi connectivity index (χ1) is 12.1. The normalized spacial score (nSPS) is 14.3. The average Bonchev–Trinajstić information content (AvgIpc) is 2.62. The van der Waals surface area contributed by atoms with Crippen LogP contribution in [0.5, 0.6) is 11.5 Å². The average molecular weight is 349 g/mol. The fourth-order valence-electron chi connectivity index (χ4n) is 2.60. The Hall–Kier alpha value is -1.95. The quantitative estimate of drug-likeness (QED) is 0.428. The molecule has 0 fully saturated rings. The molecule has 6 nitrogen and oxygen atoms in total. The lowest BCUT2D eigenvalue weighted by Crippen LogP contribution is -2.39. The highest BCUT2D eigenvalue weighted by Gasteiger charge is 2.23. The van der Waals surface area contributed by atoms with Crippen molar-refractivity contribution in [3.63, 3.8) is 0 Å². The molecule has 1 heterocycles. The molecule has 0 saturated heterocycles. The molecule has 0 bridgehead atoms. The second kappa shape index (κ2) is 9.51. The maximum atomic E-state index is 5.70. The third-order valence-corrected chi connectivity index (χ3v) is 4.12. The monoisotopic (exact) mass is 349 g/mol. The van der Waals surface area contributed by atoms with E-state index in [4.69, 9.17) is 19.2 Å².